The van der Waals surface area contributed by atoms with Crippen LogP contribution >= 0.6 is 0 Å². The molecule has 5 heteroatoms. The van der Waals surface area contributed by atoms with Crippen molar-refractivity contribution in [3.63, 3.8) is 0 Å². The number of alkyl halides is 3. The van der Waals surface area contributed by atoms with Crippen LogP contribution in [0.15, 0.2) is 46.5 Å². The predicted molar refractivity (Wildman–Crippen MR) is 70.2 cm³/mol. The van der Waals surface area contributed by atoms with Crippen molar-refractivity contribution < 1.29 is 17.9 Å². The van der Waals surface area contributed by atoms with E-state index < -0.39 is 11.7 Å². The van der Waals surface area contributed by atoms with E-state index in [1.54, 1.807) is 0 Å². The van der Waals surface area contributed by atoms with Crippen molar-refractivity contribution in [2.45, 2.75) is 25.6 Å². The number of hydrogen-bond donors (Lipinski definition) is 0. The number of halogens is 3. The molecule has 2 rings (SSSR count). The van der Waals surface area contributed by atoms with Crippen LogP contribution in [0.25, 0.3) is 0 Å². The van der Waals surface area contributed by atoms with Gasteiger partial charge in [0.05, 0.1) is 0 Å². The first-order valence-electron chi connectivity index (χ1n) is 5.91. The van der Waals surface area contributed by atoms with Crippen LogP contribution in [-0.2, 0) is 17.5 Å². The Labute approximate surface area is 118 Å². The Hall–Kier alpha value is -1.15. The van der Waals surface area contributed by atoms with E-state index >= 15 is 0 Å². The molecule has 0 aromatic heterocycles. The zero-order valence-electron chi connectivity index (χ0n) is 10.2. The minimum absolute atomic E-state index is 0.314. The van der Waals surface area contributed by atoms with Gasteiger partial charge in [0.15, 0.2) is 0 Å². The molecule has 1 aromatic rings. The van der Waals surface area contributed by atoms with E-state index in [4.69, 9.17) is 4.74 Å². The van der Waals surface area contributed by atoms with Crippen molar-refractivity contribution in [1.82, 2.24) is 0 Å². The third-order valence-electron chi connectivity index (χ3n) is 2.85. The zero-order valence-corrected chi connectivity index (χ0v) is 12.6. The molecule has 102 valence electrons. The molecule has 0 bridgehead atoms. The molecule has 1 nitrogen and oxygen atoms in total. The average Bonchev–Trinajstić information content (AvgIpc) is 2.37. The SMILES string of the molecule is FC(F)(F)c1ccc(COC2=C([AsH2])C=CCC2)cc1. The van der Waals surface area contributed by atoms with E-state index in [0.717, 1.165) is 40.7 Å². The molecule has 0 aliphatic heterocycles. The molecule has 1 aliphatic rings. The van der Waals surface area contributed by atoms with Crippen molar-refractivity contribution in [2.24, 2.45) is 0 Å². The monoisotopic (exact) mass is 330 g/mol. The molecule has 0 spiro atoms. The molecule has 0 radical (unpaired) electrons. The van der Waals surface area contributed by atoms with Gasteiger partial charge in [-0.3, -0.25) is 0 Å². The Balaban J connectivity index is 1.99. The van der Waals surface area contributed by atoms with Crippen molar-refractivity contribution >= 4 is 16.9 Å². The Kier molecular flexibility index (Phi) is 4.41. The molecule has 0 amide bonds. The molecule has 0 fully saturated rings. The van der Waals surface area contributed by atoms with Crippen LogP contribution in [-0.4, -0.2) is 16.9 Å². The van der Waals surface area contributed by atoms with Gasteiger partial charge in [-0.1, -0.05) is 0 Å². The summed E-state index contributed by atoms with van der Waals surface area (Å²) in [4.78, 5) is 0. The van der Waals surface area contributed by atoms with Crippen LogP contribution < -0.4 is 0 Å². The van der Waals surface area contributed by atoms with Gasteiger partial charge in [-0.05, 0) is 0 Å². The summed E-state index contributed by atoms with van der Waals surface area (Å²) in [6, 6.07) is 5.10. The Morgan fingerprint density at radius 2 is 1.84 bits per heavy atom. The van der Waals surface area contributed by atoms with Crippen molar-refractivity contribution in [3.05, 3.63) is 57.7 Å². The Morgan fingerprint density at radius 3 is 2.42 bits per heavy atom. The second-order valence-corrected chi connectivity index (χ2v) is 5.61. The maximum absolute atomic E-state index is 12.4. The fourth-order valence-electron chi connectivity index (χ4n) is 1.78. The first kappa shape index (κ1) is 14.3. The molecule has 19 heavy (non-hydrogen) atoms. The van der Waals surface area contributed by atoms with E-state index in [1.165, 1.54) is 29.0 Å². The van der Waals surface area contributed by atoms with Gasteiger partial charge < -0.3 is 0 Å². The topological polar surface area (TPSA) is 9.23 Å². The number of hydrogen-bond acceptors (Lipinski definition) is 1. The van der Waals surface area contributed by atoms with Gasteiger partial charge in [0.2, 0.25) is 0 Å². The molecule has 1 atom stereocenters. The van der Waals surface area contributed by atoms with Crippen LogP contribution in [0, 0.1) is 0 Å². The number of rotatable bonds is 3. The van der Waals surface area contributed by atoms with E-state index in [9.17, 15) is 13.2 Å². The molecule has 0 heterocycles. The molecule has 0 N–H and O–H groups in total. The molecule has 1 aromatic carbocycles. The van der Waals surface area contributed by atoms with Crippen molar-refractivity contribution in [3.8, 4) is 0 Å². The summed E-state index contributed by atoms with van der Waals surface area (Å²) < 4.78 is 44.0. The first-order chi connectivity index (χ1) is 8.97. The van der Waals surface area contributed by atoms with Gasteiger partial charge in [0.25, 0.3) is 0 Å². The summed E-state index contributed by atoms with van der Waals surface area (Å²) in [5, 5.41) is 0. The summed E-state index contributed by atoms with van der Waals surface area (Å²) in [6.07, 6.45) is 1.67. The van der Waals surface area contributed by atoms with Gasteiger partial charge in [0, 0.05) is 0 Å². The minimum atomic E-state index is -4.28. The summed E-state index contributed by atoms with van der Waals surface area (Å²) in [5.74, 6) is 0.947. The van der Waals surface area contributed by atoms with Crippen molar-refractivity contribution in [1.29, 1.82) is 0 Å². The third kappa shape index (κ3) is 3.90. The van der Waals surface area contributed by atoms with Crippen LogP contribution in [0.4, 0.5) is 13.2 Å². The zero-order chi connectivity index (χ0) is 13.9. The predicted octanol–water partition coefficient (Wildman–Crippen LogP) is 3.42. The van der Waals surface area contributed by atoms with Gasteiger partial charge in [-0.15, -0.1) is 0 Å². The molecular weight excluding hydrogens is 316 g/mol. The number of ether oxygens (including phenoxy) is 1. The van der Waals surface area contributed by atoms with E-state index in [2.05, 4.69) is 6.08 Å². The van der Waals surface area contributed by atoms with E-state index in [0.29, 0.717) is 6.61 Å². The summed E-state index contributed by atoms with van der Waals surface area (Å²) >= 11 is 1.50. The van der Waals surface area contributed by atoms with Gasteiger partial charge in [-0.2, -0.15) is 0 Å². The second-order valence-electron chi connectivity index (χ2n) is 4.30. The Bertz CT molecular complexity index is 500. The van der Waals surface area contributed by atoms with Crippen LogP contribution in [0.3, 0.4) is 0 Å². The summed E-state index contributed by atoms with van der Waals surface area (Å²) in [6.45, 7) is 0.314. The standard InChI is InChI=1S/C14H14AsF3O/c15-12-3-1-2-4-13(12)19-9-10-5-7-11(8-6-10)14(16,17)18/h1,3,5-8H,2,4,9,15H2. The number of allylic oxidation sites excluding steroid dienone is 4. The van der Waals surface area contributed by atoms with E-state index in [-0.39, 0.29) is 0 Å². The van der Waals surface area contributed by atoms with Crippen LogP contribution in [0.2, 0.25) is 0 Å². The quantitative estimate of drug-likeness (QED) is 0.772. The van der Waals surface area contributed by atoms with Gasteiger partial charge in [0.1, 0.15) is 0 Å². The van der Waals surface area contributed by atoms with Gasteiger partial charge in [-0.25, -0.2) is 0 Å². The average molecular weight is 330 g/mol. The molecule has 0 saturated carbocycles. The first-order valence-corrected chi connectivity index (χ1v) is 7.12. The second kappa shape index (κ2) is 5.87. The van der Waals surface area contributed by atoms with Crippen LogP contribution in [0.1, 0.15) is 24.0 Å². The van der Waals surface area contributed by atoms with Crippen molar-refractivity contribution in [2.75, 3.05) is 0 Å². The number of benzene rings is 1. The summed E-state index contributed by atoms with van der Waals surface area (Å²) in [7, 11) is 0. The third-order valence-corrected chi connectivity index (χ3v) is 3.93. The fourth-order valence-corrected chi connectivity index (χ4v) is 2.54. The normalized spacial score (nSPS) is 15.8. The Morgan fingerprint density at radius 1 is 1.16 bits per heavy atom. The van der Waals surface area contributed by atoms with Crippen LogP contribution in [0.5, 0.6) is 0 Å². The molecule has 1 unspecified atom stereocenters. The molecule has 0 saturated heterocycles. The summed E-state index contributed by atoms with van der Waals surface area (Å²) in [5.41, 5.74) is 0.117. The molecular formula is C14H14AsF3O. The maximum atomic E-state index is 12.4. The van der Waals surface area contributed by atoms with E-state index in [1.807, 2.05) is 6.08 Å². The fraction of sp³-hybridized carbons (Fsp3) is 0.286. The van der Waals surface area contributed by atoms with Gasteiger partial charge >= 0.3 is 118 Å². The molecule has 1 aliphatic carbocycles.